The number of hydrogen-bond donors (Lipinski definition) is 4. The second-order valence-electron chi connectivity index (χ2n) is 16.3. The van der Waals surface area contributed by atoms with Crippen LogP contribution in [0.3, 0.4) is 0 Å². The van der Waals surface area contributed by atoms with E-state index < -0.39 is 24.2 Å². The average Bonchev–Trinajstić information content (AvgIpc) is 4.04. The maximum atomic E-state index is 13.8. The second kappa shape index (κ2) is 21.4. The summed E-state index contributed by atoms with van der Waals surface area (Å²) in [6, 6.07) is 13.3. The van der Waals surface area contributed by atoms with E-state index in [-0.39, 0.29) is 49.6 Å². The van der Waals surface area contributed by atoms with Crippen molar-refractivity contribution in [3.63, 3.8) is 0 Å². The Bertz CT molecular complexity index is 2500. The molecule has 14 nitrogen and oxygen atoms in total. The van der Waals surface area contributed by atoms with E-state index >= 15 is 0 Å². The lowest BCUT2D eigenvalue weighted by Gasteiger charge is -2.28. The van der Waals surface area contributed by atoms with Crippen LogP contribution in [0.15, 0.2) is 59.0 Å². The number of nitrogens with one attached hydrogen (secondary N) is 3. The SMILES string of the molecule is CC(=O)N[C@H](CSCCCCCCNC(=O)C[C@H]1N=C(c2ccc(Cl)cc2)c2c(sc(C)c2C)-n2c(C)nnc21)C(=O)N1C[C@@H](O)C[C@@H]1C(=O)NCc1ccc(-c2scnc2C)cc1. The van der Waals surface area contributed by atoms with Crippen molar-refractivity contribution in [2.45, 2.75) is 104 Å². The summed E-state index contributed by atoms with van der Waals surface area (Å²) in [4.78, 5) is 65.9. The molecule has 0 bridgehead atoms. The normalized spacial score (nSPS) is 17.3. The van der Waals surface area contributed by atoms with E-state index in [4.69, 9.17) is 16.6 Å². The van der Waals surface area contributed by atoms with E-state index in [1.807, 2.05) is 72.5 Å². The van der Waals surface area contributed by atoms with Crippen molar-refractivity contribution < 1.29 is 24.3 Å². The van der Waals surface area contributed by atoms with Crippen LogP contribution in [0.25, 0.3) is 15.4 Å². The number of hydrogen-bond acceptors (Lipinski definition) is 12. The standard InChI is InChI=1S/C46H54ClN9O5S3/c1-26-28(3)64-46-40(26)41(32-14-16-34(47)17-15-32)52-36(43-54-53-29(4)56(43)46)21-39(59)48-18-8-6-7-9-19-62-24-37(51-30(5)57)45(61)55-23-35(58)20-38(55)44(60)49-22-31-10-12-33(13-11-31)42-27(2)50-25-63-42/h10-17,25,35-38,58H,6-9,18-24H2,1-5H3,(H,48,59)(H,49,60)(H,51,57)/t35-,36+,37+,38+/m0/s1. The van der Waals surface area contributed by atoms with E-state index in [9.17, 15) is 24.3 Å². The first-order chi connectivity index (χ1) is 30.8. The number of thiophene rings is 1. The van der Waals surface area contributed by atoms with Crippen LogP contribution in [0, 0.1) is 27.7 Å². The number of aromatic nitrogens is 4. The summed E-state index contributed by atoms with van der Waals surface area (Å²) in [5, 5.41) is 29.8. The van der Waals surface area contributed by atoms with Gasteiger partial charge in [-0.05, 0) is 75.1 Å². The van der Waals surface area contributed by atoms with Crippen molar-refractivity contribution in [2.24, 2.45) is 4.99 Å². The fourth-order valence-electron chi connectivity index (χ4n) is 8.08. The van der Waals surface area contributed by atoms with E-state index in [1.54, 1.807) is 34.4 Å². The molecule has 338 valence electrons. The first-order valence-electron chi connectivity index (χ1n) is 21.5. The lowest BCUT2D eigenvalue weighted by Crippen LogP contribution is -2.54. The molecular formula is C46H54ClN9O5S3. The quantitative estimate of drug-likeness (QED) is 0.0686. The first-order valence-corrected chi connectivity index (χ1v) is 24.8. The van der Waals surface area contributed by atoms with Gasteiger partial charge in [0.15, 0.2) is 5.82 Å². The van der Waals surface area contributed by atoms with Crippen LogP contribution < -0.4 is 16.0 Å². The third-order valence-electron chi connectivity index (χ3n) is 11.5. The number of aliphatic hydroxyl groups excluding tert-OH is 1. The van der Waals surface area contributed by atoms with Gasteiger partial charge in [0.25, 0.3) is 0 Å². The van der Waals surface area contributed by atoms with E-state index in [0.717, 1.165) is 86.4 Å². The number of amides is 4. The maximum absolute atomic E-state index is 13.8. The van der Waals surface area contributed by atoms with Gasteiger partial charge in [0.05, 0.1) is 34.3 Å². The minimum atomic E-state index is -0.845. The van der Waals surface area contributed by atoms with E-state index in [0.29, 0.717) is 23.1 Å². The van der Waals surface area contributed by atoms with Crippen molar-refractivity contribution in [1.29, 1.82) is 0 Å². The Kier molecular flexibility index (Phi) is 15.7. The van der Waals surface area contributed by atoms with Crippen LogP contribution in [0.5, 0.6) is 0 Å². The Morgan fingerprint density at radius 2 is 1.69 bits per heavy atom. The van der Waals surface area contributed by atoms with Gasteiger partial charge < -0.3 is 26.0 Å². The third kappa shape index (κ3) is 11.1. The van der Waals surface area contributed by atoms with Crippen LogP contribution in [0.4, 0.5) is 0 Å². The number of carbonyl (C=O) groups is 4. The van der Waals surface area contributed by atoms with Gasteiger partial charge in [0.2, 0.25) is 23.6 Å². The smallest absolute Gasteiger partial charge is 0.246 e. The predicted molar refractivity (Wildman–Crippen MR) is 255 cm³/mol. The van der Waals surface area contributed by atoms with Gasteiger partial charge in [-0.15, -0.1) is 32.9 Å². The van der Waals surface area contributed by atoms with Crippen LogP contribution in [0.2, 0.25) is 5.02 Å². The first kappa shape index (κ1) is 47.0. The van der Waals surface area contributed by atoms with Crippen molar-refractivity contribution in [3.05, 3.63) is 104 Å². The molecule has 3 aromatic heterocycles. The number of thioether (sulfide) groups is 1. The number of rotatable bonds is 18. The summed E-state index contributed by atoms with van der Waals surface area (Å²) in [5.74, 6) is 1.30. The highest BCUT2D eigenvalue weighted by Crippen LogP contribution is 2.39. The molecule has 1 fully saturated rings. The summed E-state index contributed by atoms with van der Waals surface area (Å²) in [7, 11) is 0. The van der Waals surface area contributed by atoms with Gasteiger partial charge in [-0.2, -0.15) is 11.8 Å². The monoisotopic (exact) mass is 943 g/mol. The average molecular weight is 945 g/mol. The Morgan fingerprint density at radius 1 is 0.953 bits per heavy atom. The number of thiazole rings is 1. The van der Waals surface area contributed by atoms with Gasteiger partial charge in [-0.3, -0.25) is 28.7 Å². The van der Waals surface area contributed by atoms with Crippen LogP contribution >= 0.6 is 46.0 Å². The minimum Gasteiger partial charge on any atom is -0.391 e. The number of halogens is 1. The zero-order valence-corrected chi connectivity index (χ0v) is 39.9. The number of β-amino-alcohol motifs (C(OH)–C–C–N with tert-alkyl or cyclic N) is 1. The Morgan fingerprint density at radius 3 is 2.41 bits per heavy atom. The Labute approximate surface area is 390 Å². The zero-order chi connectivity index (χ0) is 45.5. The summed E-state index contributed by atoms with van der Waals surface area (Å²) in [6.45, 7) is 10.3. The predicted octanol–water partition coefficient (Wildman–Crippen LogP) is 6.81. The largest absolute Gasteiger partial charge is 0.391 e. The molecule has 2 aromatic carbocycles. The molecule has 0 aliphatic carbocycles. The Hall–Kier alpha value is -4.94. The molecule has 0 saturated carbocycles. The molecule has 0 spiro atoms. The summed E-state index contributed by atoms with van der Waals surface area (Å²) < 4.78 is 2.04. The number of carbonyl (C=O) groups excluding carboxylic acids is 4. The van der Waals surface area contributed by atoms with Crippen molar-refractivity contribution in [2.75, 3.05) is 24.6 Å². The van der Waals surface area contributed by atoms with Crippen LogP contribution in [-0.2, 0) is 25.7 Å². The zero-order valence-electron chi connectivity index (χ0n) is 36.6. The summed E-state index contributed by atoms with van der Waals surface area (Å²) in [6.07, 6.45) is 2.93. The number of aryl methyl sites for hydroxylation is 3. The molecule has 4 N–H and O–H groups in total. The molecule has 4 amide bonds. The molecule has 64 heavy (non-hydrogen) atoms. The molecule has 5 aromatic rings. The lowest BCUT2D eigenvalue weighted by molar-refractivity contribution is -0.140. The number of aliphatic imine (C=N–C) groups is 1. The Balaban J connectivity index is 0.852. The lowest BCUT2D eigenvalue weighted by atomic mass is 9.99. The van der Waals surface area contributed by atoms with E-state index in [1.165, 1.54) is 16.7 Å². The highest BCUT2D eigenvalue weighted by atomic mass is 35.5. The third-order valence-corrected chi connectivity index (χ3v) is 15.1. The molecule has 0 unspecified atom stereocenters. The van der Waals surface area contributed by atoms with Gasteiger partial charge in [0.1, 0.15) is 29.0 Å². The van der Waals surface area contributed by atoms with Crippen LogP contribution in [0.1, 0.15) is 96.0 Å². The van der Waals surface area contributed by atoms with Gasteiger partial charge in [-0.1, -0.05) is 60.8 Å². The number of likely N-dealkylation sites (tertiary alicyclic amines) is 1. The van der Waals surface area contributed by atoms with E-state index in [2.05, 4.69) is 45.0 Å². The molecule has 1 saturated heterocycles. The molecular weight excluding hydrogens is 890 g/mol. The minimum absolute atomic E-state index is 0.0198. The molecule has 2 aliphatic heterocycles. The summed E-state index contributed by atoms with van der Waals surface area (Å²) >= 11 is 11.1. The van der Waals surface area contributed by atoms with Gasteiger partial charge >= 0.3 is 0 Å². The van der Waals surface area contributed by atoms with Crippen molar-refractivity contribution >= 4 is 75.4 Å². The number of nitrogens with zero attached hydrogens (tertiary/aromatic N) is 6. The summed E-state index contributed by atoms with van der Waals surface area (Å²) in [5.41, 5.74) is 8.62. The van der Waals surface area contributed by atoms with Crippen molar-refractivity contribution in [3.8, 4) is 15.4 Å². The number of benzene rings is 2. The molecule has 18 heteroatoms. The molecule has 2 aliphatic rings. The molecule has 7 rings (SSSR count). The topological polar surface area (TPSA) is 184 Å². The van der Waals surface area contributed by atoms with Gasteiger partial charge in [0, 0.05) is 59.8 Å². The fourth-order valence-corrected chi connectivity index (χ4v) is 11.3. The maximum Gasteiger partial charge on any atom is 0.246 e. The highest BCUT2D eigenvalue weighted by Gasteiger charge is 2.41. The molecule has 4 atom stereocenters. The molecule has 5 heterocycles. The van der Waals surface area contributed by atoms with Crippen molar-refractivity contribution in [1.82, 2.24) is 40.6 Å². The number of aliphatic hydroxyl groups is 1. The highest BCUT2D eigenvalue weighted by molar-refractivity contribution is 7.99. The molecule has 0 radical (unpaired) electrons. The fraction of sp³-hybridized carbons (Fsp3) is 0.435. The second-order valence-corrected chi connectivity index (χ2v) is 19.9. The van der Waals surface area contributed by atoms with Crippen LogP contribution in [-0.4, -0.2) is 102 Å². The van der Waals surface area contributed by atoms with Gasteiger partial charge in [-0.25, -0.2) is 4.98 Å². The number of fused-ring (bicyclic) bond motifs is 3. The number of unbranched alkanes of at least 4 members (excludes halogenated alkanes) is 3.